The predicted octanol–water partition coefficient (Wildman–Crippen LogP) is 2.28. The van der Waals surface area contributed by atoms with Gasteiger partial charge in [0.15, 0.2) is 0 Å². The van der Waals surface area contributed by atoms with Gasteiger partial charge in [0, 0.05) is 0 Å². The number of nitrogens with zero attached hydrogens (tertiary/aromatic N) is 1. The highest BCUT2D eigenvalue weighted by Gasteiger charge is 2.13. The molecule has 3 nitrogen and oxygen atoms in total. The van der Waals surface area contributed by atoms with Crippen LogP contribution in [0.15, 0.2) is 16.6 Å². The molecule has 1 aliphatic rings. The van der Waals surface area contributed by atoms with E-state index in [0.29, 0.717) is 6.54 Å². The summed E-state index contributed by atoms with van der Waals surface area (Å²) in [6.45, 7) is 4.98. The zero-order chi connectivity index (χ0) is 10.6. The third-order valence-corrected chi connectivity index (χ3v) is 2.29. The number of aliphatic carboxylic acids is 1. The molecule has 0 spiro atoms. The molecule has 0 aliphatic carbocycles. The third-order valence-electron chi connectivity index (χ3n) is 2.29. The standard InChI is InChI=1S/C11H17NO2/c1-8(2)4-3-5-9-6-10(11(13)14)12-7-9/h6,8H,3-5,7H2,1-2H3,(H,13,14). The fourth-order valence-electron chi connectivity index (χ4n) is 1.49. The van der Waals surface area contributed by atoms with Crippen molar-refractivity contribution in [3.63, 3.8) is 0 Å². The van der Waals surface area contributed by atoms with Crippen molar-refractivity contribution in [2.45, 2.75) is 33.1 Å². The number of carboxylic acids is 1. The van der Waals surface area contributed by atoms with Gasteiger partial charge in [0.1, 0.15) is 5.71 Å². The van der Waals surface area contributed by atoms with Crippen LogP contribution in [0.5, 0.6) is 0 Å². The number of hydrogen-bond acceptors (Lipinski definition) is 2. The van der Waals surface area contributed by atoms with Crippen LogP contribution in [0.25, 0.3) is 0 Å². The quantitative estimate of drug-likeness (QED) is 0.731. The normalized spacial score (nSPS) is 15.6. The summed E-state index contributed by atoms with van der Waals surface area (Å²) in [4.78, 5) is 14.5. The van der Waals surface area contributed by atoms with E-state index in [2.05, 4.69) is 18.8 Å². The van der Waals surface area contributed by atoms with Gasteiger partial charge in [0.05, 0.1) is 6.54 Å². The zero-order valence-corrected chi connectivity index (χ0v) is 8.79. The van der Waals surface area contributed by atoms with Crippen LogP contribution in [0.2, 0.25) is 0 Å². The van der Waals surface area contributed by atoms with Gasteiger partial charge >= 0.3 is 5.97 Å². The maximum absolute atomic E-state index is 10.6. The Morgan fingerprint density at radius 3 is 2.86 bits per heavy atom. The van der Waals surface area contributed by atoms with Gasteiger partial charge in [-0.3, -0.25) is 4.99 Å². The molecular formula is C11H17NO2. The summed E-state index contributed by atoms with van der Waals surface area (Å²) in [6, 6.07) is 0. The van der Waals surface area contributed by atoms with Crippen LogP contribution in [-0.4, -0.2) is 23.3 Å². The first kappa shape index (κ1) is 11.0. The molecule has 0 amide bonds. The Bertz CT molecular complexity index is 277. The number of rotatable bonds is 5. The molecule has 78 valence electrons. The Labute approximate surface area is 84.5 Å². The van der Waals surface area contributed by atoms with Crippen LogP contribution in [-0.2, 0) is 4.79 Å². The number of carboxylic acid groups (broad SMARTS) is 1. The van der Waals surface area contributed by atoms with Crippen LogP contribution in [0, 0.1) is 5.92 Å². The second-order valence-electron chi connectivity index (χ2n) is 4.10. The fraction of sp³-hybridized carbons (Fsp3) is 0.636. The van der Waals surface area contributed by atoms with E-state index in [9.17, 15) is 4.79 Å². The Balaban J connectivity index is 2.30. The van der Waals surface area contributed by atoms with Crippen molar-refractivity contribution >= 4 is 11.7 Å². The Kier molecular flexibility index (Phi) is 3.86. The summed E-state index contributed by atoms with van der Waals surface area (Å²) in [6.07, 6.45) is 5.02. The molecule has 1 heterocycles. The number of aliphatic imine (C=N–C) groups is 1. The maximum Gasteiger partial charge on any atom is 0.354 e. The summed E-state index contributed by atoms with van der Waals surface area (Å²) >= 11 is 0. The second-order valence-corrected chi connectivity index (χ2v) is 4.10. The summed E-state index contributed by atoms with van der Waals surface area (Å²) in [7, 11) is 0. The van der Waals surface area contributed by atoms with Crippen molar-refractivity contribution in [3.05, 3.63) is 11.6 Å². The molecule has 1 N–H and O–H groups in total. The van der Waals surface area contributed by atoms with Gasteiger partial charge in [0.25, 0.3) is 0 Å². The van der Waals surface area contributed by atoms with Crippen molar-refractivity contribution in [2.75, 3.05) is 6.54 Å². The van der Waals surface area contributed by atoms with Gasteiger partial charge in [-0.2, -0.15) is 0 Å². The molecule has 0 bridgehead atoms. The lowest BCUT2D eigenvalue weighted by atomic mass is 10.0. The average molecular weight is 195 g/mol. The summed E-state index contributed by atoms with van der Waals surface area (Å²) in [5.41, 5.74) is 1.37. The van der Waals surface area contributed by atoms with Gasteiger partial charge in [-0.05, 0) is 30.4 Å². The molecule has 0 aromatic heterocycles. The smallest absolute Gasteiger partial charge is 0.354 e. The highest BCUT2D eigenvalue weighted by molar-refractivity contribution is 6.41. The molecule has 0 aromatic carbocycles. The molecule has 1 aliphatic heterocycles. The SMILES string of the molecule is CC(C)CCCC1=CC(C(=O)O)=NC1. The molecule has 1 rings (SSSR count). The molecular weight excluding hydrogens is 178 g/mol. The third kappa shape index (κ3) is 3.32. The molecule has 0 fully saturated rings. The average Bonchev–Trinajstić information content (AvgIpc) is 2.52. The van der Waals surface area contributed by atoms with E-state index in [1.807, 2.05) is 0 Å². The van der Waals surface area contributed by atoms with Crippen molar-refractivity contribution in [3.8, 4) is 0 Å². The zero-order valence-electron chi connectivity index (χ0n) is 8.79. The molecule has 0 unspecified atom stereocenters. The first-order valence-corrected chi connectivity index (χ1v) is 5.06. The lowest BCUT2D eigenvalue weighted by molar-refractivity contribution is -0.129. The van der Waals surface area contributed by atoms with Gasteiger partial charge in [0.2, 0.25) is 0 Å². The molecule has 0 atom stereocenters. The molecule has 3 heteroatoms. The van der Waals surface area contributed by atoms with E-state index in [0.717, 1.165) is 24.3 Å². The Morgan fingerprint density at radius 2 is 2.36 bits per heavy atom. The number of carbonyl (C=O) groups is 1. The minimum Gasteiger partial charge on any atom is -0.477 e. The van der Waals surface area contributed by atoms with E-state index >= 15 is 0 Å². The van der Waals surface area contributed by atoms with Crippen molar-refractivity contribution in [1.29, 1.82) is 0 Å². The van der Waals surface area contributed by atoms with E-state index in [4.69, 9.17) is 5.11 Å². The van der Waals surface area contributed by atoms with Gasteiger partial charge in [-0.1, -0.05) is 20.3 Å². The van der Waals surface area contributed by atoms with Crippen LogP contribution >= 0.6 is 0 Å². The summed E-state index contributed by atoms with van der Waals surface area (Å²) < 4.78 is 0. The Morgan fingerprint density at radius 1 is 1.64 bits per heavy atom. The van der Waals surface area contributed by atoms with Crippen molar-refractivity contribution in [2.24, 2.45) is 10.9 Å². The van der Waals surface area contributed by atoms with Crippen LogP contribution in [0.4, 0.5) is 0 Å². The van der Waals surface area contributed by atoms with E-state index in [1.54, 1.807) is 6.08 Å². The second kappa shape index (κ2) is 4.94. The molecule has 0 radical (unpaired) electrons. The highest BCUT2D eigenvalue weighted by atomic mass is 16.4. The minimum atomic E-state index is -0.913. The monoisotopic (exact) mass is 195 g/mol. The lowest BCUT2D eigenvalue weighted by Gasteiger charge is -2.03. The van der Waals surface area contributed by atoms with E-state index in [-0.39, 0.29) is 5.71 Å². The fourth-order valence-corrected chi connectivity index (χ4v) is 1.49. The largest absolute Gasteiger partial charge is 0.477 e. The number of hydrogen-bond donors (Lipinski definition) is 1. The highest BCUT2D eigenvalue weighted by Crippen LogP contribution is 2.15. The van der Waals surface area contributed by atoms with E-state index in [1.165, 1.54) is 6.42 Å². The van der Waals surface area contributed by atoms with Crippen molar-refractivity contribution < 1.29 is 9.90 Å². The Hall–Kier alpha value is -1.12. The molecule has 0 saturated heterocycles. The van der Waals surface area contributed by atoms with Gasteiger partial charge in [-0.25, -0.2) is 4.79 Å². The molecule has 0 saturated carbocycles. The van der Waals surface area contributed by atoms with Crippen LogP contribution < -0.4 is 0 Å². The van der Waals surface area contributed by atoms with Gasteiger partial charge in [-0.15, -0.1) is 0 Å². The topological polar surface area (TPSA) is 49.7 Å². The molecule has 0 aromatic rings. The van der Waals surface area contributed by atoms with Crippen LogP contribution in [0.1, 0.15) is 33.1 Å². The first-order valence-electron chi connectivity index (χ1n) is 5.06. The predicted molar refractivity (Wildman–Crippen MR) is 56.7 cm³/mol. The maximum atomic E-state index is 10.6. The minimum absolute atomic E-state index is 0.213. The summed E-state index contributed by atoms with van der Waals surface area (Å²) in [5.74, 6) is -0.194. The van der Waals surface area contributed by atoms with E-state index < -0.39 is 5.97 Å². The molecule has 14 heavy (non-hydrogen) atoms. The van der Waals surface area contributed by atoms with Crippen molar-refractivity contribution in [1.82, 2.24) is 0 Å². The first-order chi connectivity index (χ1) is 6.59. The van der Waals surface area contributed by atoms with Gasteiger partial charge < -0.3 is 5.11 Å². The summed E-state index contributed by atoms with van der Waals surface area (Å²) in [5, 5.41) is 8.67. The lowest BCUT2D eigenvalue weighted by Crippen LogP contribution is -2.07. The van der Waals surface area contributed by atoms with Crippen LogP contribution in [0.3, 0.4) is 0 Å².